The van der Waals surface area contributed by atoms with Crippen LogP contribution in [0.1, 0.15) is 16.7 Å². The topological polar surface area (TPSA) is 34.9 Å². The summed E-state index contributed by atoms with van der Waals surface area (Å²) < 4.78 is 1.77. The molecule has 0 N–H and O–H groups in total. The van der Waals surface area contributed by atoms with Crippen LogP contribution in [-0.2, 0) is 5.75 Å². The monoisotopic (exact) mass is 418 g/mol. The van der Waals surface area contributed by atoms with E-state index in [1.807, 2.05) is 38.1 Å². The fourth-order valence-corrected chi connectivity index (χ4v) is 4.62. The van der Waals surface area contributed by atoms with E-state index in [-0.39, 0.29) is 5.56 Å². The van der Waals surface area contributed by atoms with Crippen molar-refractivity contribution in [3.8, 4) is 5.69 Å². The summed E-state index contributed by atoms with van der Waals surface area (Å²) in [5, 5.41) is 1.36. The van der Waals surface area contributed by atoms with Gasteiger partial charge in [-0.25, -0.2) is 4.98 Å². The lowest BCUT2D eigenvalue weighted by Gasteiger charge is -2.16. The Balaban J connectivity index is 1.82. The summed E-state index contributed by atoms with van der Waals surface area (Å²) in [6, 6.07) is 22.3. The number of aryl methyl sites for hydroxylation is 2. The van der Waals surface area contributed by atoms with Crippen LogP contribution in [0.25, 0.3) is 16.6 Å². The zero-order valence-corrected chi connectivity index (χ0v) is 18.3. The van der Waals surface area contributed by atoms with Crippen molar-refractivity contribution in [1.82, 2.24) is 9.55 Å². The molecule has 0 aliphatic heterocycles. The molecule has 0 saturated carbocycles. The van der Waals surface area contributed by atoms with E-state index in [0.717, 1.165) is 33.2 Å². The Morgan fingerprint density at radius 3 is 2.48 bits per heavy atom. The molecule has 3 aromatic carbocycles. The maximum Gasteiger partial charge on any atom is 0.266 e. The summed E-state index contributed by atoms with van der Waals surface area (Å²) in [6.07, 6.45) is 2.08. The van der Waals surface area contributed by atoms with Crippen molar-refractivity contribution in [1.29, 1.82) is 0 Å². The van der Waals surface area contributed by atoms with Crippen molar-refractivity contribution in [2.24, 2.45) is 0 Å². The van der Waals surface area contributed by atoms with Crippen LogP contribution in [-0.4, -0.2) is 15.8 Å². The second kappa shape index (κ2) is 8.47. The number of benzene rings is 3. The molecule has 0 aliphatic rings. The Morgan fingerprint density at radius 2 is 1.72 bits per heavy atom. The van der Waals surface area contributed by atoms with Gasteiger partial charge in [0.15, 0.2) is 5.16 Å². The van der Waals surface area contributed by atoms with Gasteiger partial charge in [-0.05, 0) is 67.1 Å². The molecule has 0 fully saturated rings. The van der Waals surface area contributed by atoms with Crippen LogP contribution in [0.15, 0.2) is 81.6 Å². The summed E-state index contributed by atoms with van der Waals surface area (Å²) in [6.45, 7) is 4.08. The summed E-state index contributed by atoms with van der Waals surface area (Å²) in [5.74, 6) is 0.754. The standard InChI is InChI=1S/C24H22N2OS2/c1-16-8-9-17(2)22(14-16)26-23(27)20-6-4-5-7-21(20)25-24(26)29-15-18-10-12-19(28-3)13-11-18/h4-14H,15H2,1-3H3. The van der Waals surface area contributed by atoms with Gasteiger partial charge >= 0.3 is 0 Å². The third-order valence-corrected chi connectivity index (χ3v) is 6.63. The Hall–Kier alpha value is -2.50. The van der Waals surface area contributed by atoms with E-state index in [0.29, 0.717) is 5.39 Å². The van der Waals surface area contributed by atoms with E-state index in [1.54, 1.807) is 28.1 Å². The second-order valence-corrected chi connectivity index (χ2v) is 8.80. The summed E-state index contributed by atoms with van der Waals surface area (Å²) in [4.78, 5) is 19.5. The summed E-state index contributed by atoms with van der Waals surface area (Å²) in [5.41, 5.74) is 5.00. The highest BCUT2D eigenvalue weighted by molar-refractivity contribution is 7.98. The van der Waals surface area contributed by atoms with Gasteiger partial charge in [0.1, 0.15) is 0 Å². The van der Waals surface area contributed by atoms with Crippen LogP contribution in [0.4, 0.5) is 0 Å². The minimum absolute atomic E-state index is 0.0236. The molecule has 5 heteroatoms. The molecule has 0 aliphatic carbocycles. The third-order valence-electron chi connectivity index (χ3n) is 4.88. The molecular weight excluding hydrogens is 396 g/mol. The first-order chi connectivity index (χ1) is 14.1. The number of fused-ring (bicyclic) bond motifs is 1. The largest absolute Gasteiger partial charge is 0.268 e. The van der Waals surface area contributed by atoms with Crippen LogP contribution < -0.4 is 5.56 Å². The van der Waals surface area contributed by atoms with Crippen LogP contribution in [0.3, 0.4) is 0 Å². The van der Waals surface area contributed by atoms with Crippen molar-refractivity contribution < 1.29 is 0 Å². The lowest BCUT2D eigenvalue weighted by molar-refractivity contribution is 0.813. The predicted octanol–water partition coefficient (Wildman–Crippen LogP) is 6.02. The van der Waals surface area contributed by atoms with E-state index in [9.17, 15) is 4.79 Å². The van der Waals surface area contributed by atoms with Gasteiger partial charge in [0.2, 0.25) is 0 Å². The summed E-state index contributed by atoms with van der Waals surface area (Å²) >= 11 is 3.33. The van der Waals surface area contributed by atoms with Crippen LogP contribution in [0, 0.1) is 13.8 Å². The fourth-order valence-electron chi connectivity index (χ4n) is 3.25. The fraction of sp³-hybridized carbons (Fsp3) is 0.167. The van der Waals surface area contributed by atoms with E-state index >= 15 is 0 Å². The first-order valence-corrected chi connectivity index (χ1v) is 11.6. The van der Waals surface area contributed by atoms with Gasteiger partial charge in [0.05, 0.1) is 16.6 Å². The lowest BCUT2D eigenvalue weighted by Crippen LogP contribution is -2.22. The number of hydrogen-bond donors (Lipinski definition) is 0. The molecule has 0 unspecified atom stereocenters. The lowest BCUT2D eigenvalue weighted by atomic mass is 10.1. The van der Waals surface area contributed by atoms with Gasteiger partial charge in [-0.15, -0.1) is 11.8 Å². The van der Waals surface area contributed by atoms with Gasteiger partial charge < -0.3 is 0 Å². The average Bonchev–Trinajstić information content (AvgIpc) is 2.75. The quantitative estimate of drug-likeness (QED) is 0.293. The first kappa shape index (κ1) is 19.8. The van der Waals surface area contributed by atoms with E-state index in [4.69, 9.17) is 4.98 Å². The second-order valence-electron chi connectivity index (χ2n) is 6.98. The minimum atomic E-state index is -0.0236. The van der Waals surface area contributed by atoms with Gasteiger partial charge in [-0.1, -0.05) is 48.2 Å². The molecule has 0 radical (unpaired) electrons. The van der Waals surface area contributed by atoms with Gasteiger partial charge in [-0.3, -0.25) is 9.36 Å². The number of para-hydroxylation sites is 1. The molecule has 0 saturated heterocycles. The number of hydrogen-bond acceptors (Lipinski definition) is 4. The van der Waals surface area contributed by atoms with Crippen LogP contribution in [0.2, 0.25) is 0 Å². The molecule has 0 amide bonds. The number of aromatic nitrogens is 2. The number of rotatable bonds is 5. The minimum Gasteiger partial charge on any atom is -0.268 e. The molecule has 4 rings (SSSR count). The molecule has 0 spiro atoms. The van der Waals surface area contributed by atoms with Crippen molar-refractivity contribution in [3.63, 3.8) is 0 Å². The van der Waals surface area contributed by atoms with Gasteiger partial charge in [0, 0.05) is 10.6 Å². The SMILES string of the molecule is CSc1ccc(CSc2nc3ccccc3c(=O)n2-c2cc(C)ccc2C)cc1. The molecule has 0 atom stereocenters. The predicted molar refractivity (Wildman–Crippen MR) is 125 cm³/mol. The Labute approximate surface area is 179 Å². The number of thioether (sulfide) groups is 2. The zero-order valence-electron chi connectivity index (χ0n) is 16.7. The third kappa shape index (κ3) is 4.11. The highest BCUT2D eigenvalue weighted by atomic mass is 32.2. The molecular formula is C24H22N2OS2. The van der Waals surface area contributed by atoms with Gasteiger partial charge in [-0.2, -0.15) is 0 Å². The maximum atomic E-state index is 13.4. The van der Waals surface area contributed by atoms with Crippen LogP contribution >= 0.6 is 23.5 Å². The van der Waals surface area contributed by atoms with Crippen molar-refractivity contribution in [2.45, 2.75) is 29.7 Å². The molecule has 0 bridgehead atoms. The maximum absolute atomic E-state index is 13.4. The highest BCUT2D eigenvalue weighted by Gasteiger charge is 2.15. The zero-order chi connectivity index (χ0) is 20.4. The van der Waals surface area contributed by atoms with Gasteiger partial charge in [0.25, 0.3) is 5.56 Å². The molecule has 146 valence electrons. The Kier molecular flexibility index (Phi) is 5.79. The Morgan fingerprint density at radius 1 is 0.966 bits per heavy atom. The molecule has 1 aromatic heterocycles. The van der Waals surface area contributed by atoms with Crippen molar-refractivity contribution >= 4 is 34.4 Å². The molecule has 1 heterocycles. The van der Waals surface area contributed by atoms with E-state index < -0.39 is 0 Å². The molecule has 3 nitrogen and oxygen atoms in total. The van der Waals surface area contributed by atoms with Crippen molar-refractivity contribution in [3.05, 3.63) is 93.8 Å². The normalized spacial score (nSPS) is 11.1. The van der Waals surface area contributed by atoms with E-state index in [1.165, 1.54) is 10.5 Å². The number of nitrogens with zero attached hydrogens (tertiary/aromatic N) is 2. The smallest absolute Gasteiger partial charge is 0.266 e. The van der Waals surface area contributed by atoms with Crippen molar-refractivity contribution in [2.75, 3.05) is 6.26 Å². The molecule has 4 aromatic rings. The van der Waals surface area contributed by atoms with E-state index in [2.05, 4.69) is 48.7 Å². The Bertz CT molecular complexity index is 1230. The average molecular weight is 419 g/mol. The first-order valence-electron chi connectivity index (χ1n) is 9.42. The van der Waals surface area contributed by atoms with Crippen LogP contribution in [0.5, 0.6) is 0 Å². The summed E-state index contributed by atoms with van der Waals surface area (Å²) in [7, 11) is 0. The highest BCUT2D eigenvalue weighted by Crippen LogP contribution is 2.27. The molecule has 29 heavy (non-hydrogen) atoms.